The van der Waals surface area contributed by atoms with Gasteiger partial charge < -0.3 is 13.8 Å². The van der Waals surface area contributed by atoms with Gasteiger partial charge in [-0.05, 0) is 43.7 Å². The fraction of sp³-hybridized carbons (Fsp3) is 0.125. The molecule has 11 heteroatoms. The first-order chi connectivity index (χ1) is 20.9. The van der Waals surface area contributed by atoms with E-state index in [4.69, 9.17) is 25.8 Å². The van der Waals surface area contributed by atoms with E-state index in [0.717, 1.165) is 5.56 Å². The molecule has 214 valence electrons. The van der Waals surface area contributed by atoms with Gasteiger partial charge in [0.05, 0.1) is 23.6 Å². The smallest absolute Gasteiger partial charge is 0.341 e. The van der Waals surface area contributed by atoms with Crippen LogP contribution in [-0.4, -0.2) is 37.6 Å². The molecule has 4 aromatic heterocycles. The summed E-state index contributed by atoms with van der Waals surface area (Å²) in [5.41, 5.74) is 1.76. The van der Waals surface area contributed by atoms with E-state index in [9.17, 15) is 14.4 Å². The first-order valence-corrected chi connectivity index (χ1v) is 13.8. The molecule has 6 aromatic rings. The number of amides is 1. The van der Waals surface area contributed by atoms with E-state index in [0.29, 0.717) is 16.2 Å². The summed E-state index contributed by atoms with van der Waals surface area (Å²) in [6.07, 6.45) is 1.60. The molecule has 0 saturated carbocycles. The van der Waals surface area contributed by atoms with Gasteiger partial charge in [-0.3, -0.25) is 14.0 Å². The number of esters is 1. The minimum atomic E-state index is -0.747. The Labute approximate surface area is 249 Å². The van der Waals surface area contributed by atoms with Crippen LogP contribution >= 0.6 is 11.6 Å². The van der Waals surface area contributed by atoms with Crippen molar-refractivity contribution in [1.82, 2.24) is 19.1 Å². The lowest BCUT2D eigenvalue weighted by Crippen LogP contribution is -2.33. The first-order valence-electron chi connectivity index (χ1n) is 13.4. The van der Waals surface area contributed by atoms with Gasteiger partial charge in [-0.15, -0.1) is 0 Å². The van der Waals surface area contributed by atoms with Crippen LogP contribution < -0.4 is 11.0 Å². The summed E-state index contributed by atoms with van der Waals surface area (Å²) in [5.74, 6) is -1.25. The highest BCUT2D eigenvalue weighted by atomic mass is 35.5. The number of pyridine rings is 2. The fourth-order valence-electron chi connectivity index (χ4n) is 4.89. The summed E-state index contributed by atoms with van der Waals surface area (Å²) < 4.78 is 13.7. The van der Waals surface area contributed by atoms with E-state index in [2.05, 4.69) is 10.1 Å². The Morgan fingerprint density at radius 1 is 1.02 bits per heavy atom. The zero-order chi connectivity index (χ0) is 30.1. The largest absolute Gasteiger partial charge is 0.462 e. The number of carbonyl (C=O) groups excluding carboxylic acids is 2. The van der Waals surface area contributed by atoms with Crippen molar-refractivity contribution >= 4 is 40.2 Å². The van der Waals surface area contributed by atoms with Crippen LogP contribution in [0.2, 0.25) is 5.02 Å². The van der Waals surface area contributed by atoms with Gasteiger partial charge in [-0.1, -0.05) is 71.4 Å². The maximum Gasteiger partial charge on any atom is 0.341 e. The van der Waals surface area contributed by atoms with Crippen LogP contribution in [-0.2, 0) is 11.3 Å². The maximum atomic E-state index is 14.0. The monoisotopic (exact) mass is 593 g/mol. The average Bonchev–Trinajstić information content (AvgIpc) is 3.40. The number of nitrogens with zero attached hydrogens (tertiary/aromatic N) is 5. The van der Waals surface area contributed by atoms with Crippen LogP contribution in [0.5, 0.6) is 0 Å². The molecule has 0 unspecified atom stereocenters. The molecule has 0 bridgehead atoms. The van der Waals surface area contributed by atoms with Gasteiger partial charge >= 0.3 is 5.97 Å². The molecule has 6 rings (SSSR count). The lowest BCUT2D eigenvalue weighted by atomic mass is 10.1. The van der Waals surface area contributed by atoms with E-state index in [1.165, 1.54) is 10.5 Å². The van der Waals surface area contributed by atoms with Crippen LogP contribution in [0.1, 0.15) is 39.0 Å². The molecule has 0 radical (unpaired) electrons. The van der Waals surface area contributed by atoms with E-state index < -0.39 is 11.9 Å². The predicted octanol–water partition coefficient (Wildman–Crippen LogP) is 5.23. The Balaban J connectivity index is 1.69. The number of aromatic nitrogens is 4. The van der Waals surface area contributed by atoms with Crippen molar-refractivity contribution in [3.63, 3.8) is 0 Å². The van der Waals surface area contributed by atoms with Crippen molar-refractivity contribution in [1.29, 1.82) is 0 Å². The van der Waals surface area contributed by atoms with Gasteiger partial charge in [-0.2, -0.15) is 4.99 Å². The molecule has 0 spiro atoms. The Kier molecular flexibility index (Phi) is 7.43. The Hall–Kier alpha value is -5.35. The van der Waals surface area contributed by atoms with E-state index in [-0.39, 0.29) is 57.8 Å². The number of hydrogen-bond donors (Lipinski definition) is 0. The molecule has 0 fully saturated rings. The molecule has 0 saturated heterocycles. The van der Waals surface area contributed by atoms with Crippen LogP contribution in [0.4, 0.5) is 0 Å². The summed E-state index contributed by atoms with van der Waals surface area (Å²) in [5, 5.41) is 4.62. The first kappa shape index (κ1) is 27.8. The van der Waals surface area contributed by atoms with E-state index in [1.807, 2.05) is 30.3 Å². The zero-order valence-corrected chi connectivity index (χ0v) is 23.9. The Morgan fingerprint density at radius 3 is 2.53 bits per heavy atom. The number of rotatable bonds is 6. The van der Waals surface area contributed by atoms with Gasteiger partial charge in [0, 0.05) is 11.8 Å². The third kappa shape index (κ3) is 5.13. The number of carbonyl (C=O) groups is 2. The standard InChI is InChI=1S/C32H24ClN5O5/c1-3-42-32(41)23-17-22-28(34-25-15-9-10-16-37(25)31(22)40)38(18-20-11-5-4-6-12-20)29(23)35-30(39)26-19(2)43-36-27(26)21-13-7-8-14-24(21)33/h4-17H,3,18H2,1-2H3. The summed E-state index contributed by atoms with van der Waals surface area (Å²) in [6.45, 7) is 3.47. The number of hydrogen-bond acceptors (Lipinski definition) is 7. The van der Waals surface area contributed by atoms with Crippen molar-refractivity contribution in [3.05, 3.63) is 128 Å². The van der Waals surface area contributed by atoms with Gasteiger partial charge in [0.1, 0.15) is 33.9 Å². The highest BCUT2D eigenvalue weighted by molar-refractivity contribution is 6.33. The quantitative estimate of drug-likeness (QED) is 0.191. The number of fused-ring (bicyclic) bond motifs is 2. The number of ether oxygens (including phenoxy) is 1. The average molecular weight is 594 g/mol. The molecule has 10 nitrogen and oxygen atoms in total. The van der Waals surface area contributed by atoms with E-state index in [1.54, 1.807) is 67.1 Å². The molecule has 0 N–H and O–H groups in total. The van der Waals surface area contributed by atoms with Crippen molar-refractivity contribution in [2.24, 2.45) is 4.99 Å². The van der Waals surface area contributed by atoms with Crippen LogP contribution in [0.3, 0.4) is 0 Å². The summed E-state index contributed by atoms with van der Waals surface area (Å²) in [7, 11) is 0. The highest BCUT2D eigenvalue weighted by Gasteiger charge is 2.25. The molecule has 43 heavy (non-hydrogen) atoms. The molecule has 1 amide bonds. The fourth-order valence-corrected chi connectivity index (χ4v) is 5.11. The van der Waals surface area contributed by atoms with Gasteiger partial charge in [-0.25, -0.2) is 9.78 Å². The normalized spacial score (nSPS) is 11.7. The van der Waals surface area contributed by atoms with Crippen LogP contribution in [0.25, 0.3) is 27.9 Å². The lowest BCUT2D eigenvalue weighted by Gasteiger charge is -2.15. The number of benzene rings is 2. The second kappa shape index (κ2) is 11.5. The predicted molar refractivity (Wildman–Crippen MR) is 160 cm³/mol. The van der Waals surface area contributed by atoms with Crippen molar-refractivity contribution in [2.75, 3.05) is 6.61 Å². The summed E-state index contributed by atoms with van der Waals surface area (Å²) in [4.78, 5) is 50.2. The number of halogens is 1. The third-order valence-electron chi connectivity index (χ3n) is 6.88. The van der Waals surface area contributed by atoms with Crippen molar-refractivity contribution < 1.29 is 18.8 Å². The molecule has 0 aliphatic rings. The Morgan fingerprint density at radius 2 is 1.77 bits per heavy atom. The minimum absolute atomic E-state index is 0.0299. The molecular weight excluding hydrogens is 570 g/mol. The highest BCUT2D eigenvalue weighted by Crippen LogP contribution is 2.31. The van der Waals surface area contributed by atoms with Crippen LogP contribution in [0, 0.1) is 6.92 Å². The number of aryl methyl sites for hydroxylation is 1. The Bertz CT molecular complexity index is 2170. The van der Waals surface area contributed by atoms with Gasteiger partial charge in [0.2, 0.25) is 0 Å². The topological polar surface area (TPSA) is 121 Å². The molecule has 4 heterocycles. The van der Waals surface area contributed by atoms with Crippen molar-refractivity contribution in [3.8, 4) is 11.3 Å². The summed E-state index contributed by atoms with van der Waals surface area (Å²) in [6, 6.07) is 22.9. The molecular formula is C32H24ClN5O5. The van der Waals surface area contributed by atoms with Crippen LogP contribution in [0.15, 0.2) is 99.4 Å². The van der Waals surface area contributed by atoms with Crippen molar-refractivity contribution in [2.45, 2.75) is 20.4 Å². The third-order valence-corrected chi connectivity index (χ3v) is 7.21. The zero-order valence-electron chi connectivity index (χ0n) is 23.2. The second-order valence-corrected chi connectivity index (χ2v) is 10.0. The minimum Gasteiger partial charge on any atom is -0.462 e. The molecule has 2 aromatic carbocycles. The maximum absolute atomic E-state index is 14.0. The summed E-state index contributed by atoms with van der Waals surface area (Å²) >= 11 is 6.42. The second-order valence-electron chi connectivity index (χ2n) is 9.62. The molecule has 0 atom stereocenters. The van der Waals surface area contributed by atoms with Gasteiger partial charge in [0.25, 0.3) is 11.5 Å². The molecule has 0 aliphatic heterocycles. The molecule has 0 aliphatic carbocycles. The SMILES string of the molecule is CCOC(=O)c1cc2c(=O)n3ccccc3nc2n(Cc2ccccc2)c1=NC(=O)c1c(-c2ccccc2Cl)noc1C. The van der Waals surface area contributed by atoms with Gasteiger partial charge in [0.15, 0.2) is 5.49 Å². The van der Waals surface area contributed by atoms with E-state index >= 15 is 0 Å². The lowest BCUT2D eigenvalue weighted by molar-refractivity contribution is 0.0523.